The molecule has 2 atom stereocenters. The lowest BCUT2D eigenvalue weighted by Crippen LogP contribution is -2.39. The minimum atomic E-state index is -4.73. The van der Waals surface area contributed by atoms with E-state index in [1.54, 1.807) is 6.07 Å². The number of aliphatic carboxylic acids is 1. The molecule has 1 aromatic carbocycles. The number of amides is 2. The lowest BCUT2D eigenvalue weighted by molar-refractivity contribution is -0.187. The fourth-order valence-electron chi connectivity index (χ4n) is 2.60. The topological polar surface area (TPSA) is 93.4 Å². The summed E-state index contributed by atoms with van der Waals surface area (Å²) < 4.78 is 52.1. The summed E-state index contributed by atoms with van der Waals surface area (Å²) in [4.78, 5) is 23.7. The zero-order valence-electron chi connectivity index (χ0n) is 12.7. The van der Waals surface area contributed by atoms with Crippen molar-refractivity contribution in [1.29, 1.82) is 5.26 Å². The second-order valence-electron chi connectivity index (χ2n) is 5.58. The van der Waals surface area contributed by atoms with Gasteiger partial charge in [0, 0.05) is 19.6 Å². The highest BCUT2D eigenvalue weighted by molar-refractivity contribution is 5.77. The molecule has 0 radical (unpaired) electrons. The average Bonchev–Trinajstić information content (AvgIpc) is 2.98. The quantitative estimate of drug-likeness (QED) is 0.809. The molecule has 2 N–H and O–H groups in total. The summed E-state index contributed by atoms with van der Waals surface area (Å²) in [7, 11) is 0. The number of hydrogen-bond donors (Lipinski definition) is 2. The number of carboxylic acids is 1. The Morgan fingerprint density at radius 2 is 2.04 bits per heavy atom. The Hall–Kier alpha value is -2.83. The number of carboxylic acid groups (broad SMARTS) is 1. The molecule has 1 aliphatic heterocycles. The summed E-state index contributed by atoms with van der Waals surface area (Å²) in [6.07, 6.45) is -4.73. The molecule has 1 heterocycles. The van der Waals surface area contributed by atoms with Crippen molar-refractivity contribution >= 4 is 12.0 Å². The van der Waals surface area contributed by atoms with Gasteiger partial charge in [0.05, 0.1) is 17.4 Å². The average molecular weight is 359 g/mol. The van der Waals surface area contributed by atoms with Crippen LogP contribution in [0, 0.1) is 29.0 Å². The number of alkyl halides is 3. The number of halogens is 4. The summed E-state index contributed by atoms with van der Waals surface area (Å²) in [5, 5.41) is 19.8. The minimum Gasteiger partial charge on any atom is -0.481 e. The van der Waals surface area contributed by atoms with Crippen molar-refractivity contribution in [2.24, 2.45) is 11.8 Å². The van der Waals surface area contributed by atoms with Crippen LogP contribution in [0.3, 0.4) is 0 Å². The molecule has 1 saturated heterocycles. The monoisotopic (exact) mass is 359 g/mol. The van der Waals surface area contributed by atoms with Crippen molar-refractivity contribution in [3.05, 3.63) is 35.1 Å². The molecular weight excluding hydrogens is 346 g/mol. The largest absolute Gasteiger partial charge is 0.481 e. The molecular formula is C15H13F4N3O3. The van der Waals surface area contributed by atoms with Crippen molar-refractivity contribution in [1.82, 2.24) is 10.2 Å². The SMILES string of the molecule is N#Cc1ccc(CNC(=O)N2C[C@@H](C(F)(F)F)[C@H](C(=O)O)C2)cc1F. The van der Waals surface area contributed by atoms with Gasteiger partial charge in [-0.25, -0.2) is 9.18 Å². The highest BCUT2D eigenvalue weighted by Crippen LogP contribution is 2.37. The maximum absolute atomic E-state index is 13.5. The number of carbonyl (C=O) groups excluding carboxylic acids is 1. The molecule has 6 nitrogen and oxygen atoms in total. The predicted octanol–water partition coefficient (Wildman–Crippen LogP) is 2.10. The van der Waals surface area contributed by atoms with E-state index in [1.807, 2.05) is 0 Å². The van der Waals surface area contributed by atoms with Gasteiger partial charge in [0.2, 0.25) is 0 Å². The van der Waals surface area contributed by atoms with Crippen LogP contribution in [-0.2, 0) is 11.3 Å². The lowest BCUT2D eigenvalue weighted by atomic mass is 9.96. The molecule has 0 aromatic heterocycles. The van der Waals surface area contributed by atoms with Gasteiger partial charge in [-0.1, -0.05) is 6.07 Å². The van der Waals surface area contributed by atoms with Crippen molar-refractivity contribution in [2.45, 2.75) is 12.7 Å². The second-order valence-corrected chi connectivity index (χ2v) is 5.58. The zero-order valence-corrected chi connectivity index (χ0v) is 12.7. The van der Waals surface area contributed by atoms with E-state index in [1.165, 1.54) is 12.1 Å². The first-order valence-corrected chi connectivity index (χ1v) is 7.14. The highest BCUT2D eigenvalue weighted by atomic mass is 19.4. The van der Waals surface area contributed by atoms with E-state index in [0.29, 0.717) is 5.56 Å². The molecule has 25 heavy (non-hydrogen) atoms. The van der Waals surface area contributed by atoms with E-state index >= 15 is 0 Å². The Balaban J connectivity index is 2.01. The van der Waals surface area contributed by atoms with E-state index < -0.39 is 48.9 Å². The summed E-state index contributed by atoms with van der Waals surface area (Å²) in [5.74, 6) is -6.26. The standard InChI is InChI=1S/C15H13F4N3O3/c16-12-3-8(1-2-9(12)4-20)5-21-14(25)22-6-10(13(23)24)11(7-22)15(17,18)19/h1-3,10-11H,5-7H2,(H,21,25)(H,23,24)/t10-,11-/m1/s1. The normalized spacial score (nSPS) is 20.2. The van der Waals surface area contributed by atoms with Gasteiger partial charge in [-0.2, -0.15) is 18.4 Å². The summed E-state index contributed by atoms with van der Waals surface area (Å²) in [6, 6.07) is 4.40. The Morgan fingerprint density at radius 1 is 1.36 bits per heavy atom. The molecule has 2 rings (SSSR count). The van der Waals surface area contributed by atoms with Crippen LogP contribution in [0.5, 0.6) is 0 Å². The fraction of sp³-hybridized carbons (Fsp3) is 0.400. The molecule has 2 amide bonds. The van der Waals surface area contributed by atoms with Crippen LogP contribution in [0.15, 0.2) is 18.2 Å². The number of benzene rings is 1. The van der Waals surface area contributed by atoms with Crippen LogP contribution in [0.25, 0.3) is 0 Å². The lowest BCUT2D eigenvalue weighted by Gasteiger charge is -2.18. The van der Waals surface area contributed by atoms with E-state index in [-0.39, 0.29) is 12.1 Å². The Morgan fingerprint density at radius 3 is 2.52 bits per heavy atom. The number of nitrogens with zero attached hydrogens (tertiary/aromatic N) is 2. The molecule has 1 fully saturated rings. The van der Waals surface area contributed by atoms with Gasteiger partial charge in [0.15, 0.2) is 0 Å². The summed E-state index contributed by atoms with van der Waals surface area (Å²) >= 11 is 0. The molecule has 0 bridgehead atoms. The molecule has 1 aromatic rings. The minimum absolute atomic E-state index is 0.174. The molecule has 0 unspecified atom stereocenters. The predicted molar refractivity (Wildman–Crippen MR) is 75.6 cm³/mol. The van der Waals surface area contributed by atoms with E-state index in [2.05, 4.69) is 5.32 Å². The van der Waals surface area contributed by atoms with Gasteiger partial charge in [-0.3, -0.25) is 4.79 Å². The third kappa shape index (κ3) is 4.17. The van der Waals surface area contributed by atoms with Gasteiger partial charge < -0.3 is 15.3 Å². The third-order valence-corrected chi connectivity index (χ3v) is 3.94. The van der Waals surface area contributed by atoms with Crippen LogP contribution in [0.1, 0.15) is 11.1 Å². The van der Waals surface area contributed by atoms with Crippen molar-refractivity contribution in [3.8, 4) is 6.07 Å². The van der Waals surface area contributed by atoms with E-state index in [4.69, 9.17) is 10.4 Å². The maximum Gasteiger partial charge on any atom is 0.394 e. The Labute approximate surface area is 139 Å². The highest BCUT2D eigenvalue weighted by Gasteiger charge is 2.53. The molecule has 134 valence electrons. The molecule has 0 aliphatic carbocycles. The molecule has 0 spiro atoms. The number of nitriles is 1. The van der Waals surface area contributed by atoms with Crippen molar-refractivity contribution in [3.63, 3.8) is 0 Å². The Kier molecular flexibility index (Phi) is 5.15. The van der Waals surface area contributed by atoms with Gasteiger partial charge in [-0.15, -0.1) is 0 Å². The zero-order chi connectivity index (χ0) is 18.8. The molecule has 1 aliphatic rings. The van der Waals surface area contributed by atoms with Crippen LogP contribution < -0.4 is 5.32 Å². The van der Waals surface area contributed by atoms with Crippen molar-refractivity contribution < 1.29 is 32.3 Å². The van der Waals surface area contributed by atoms with Crippen LogP contribution in [-0.4, -0.2) is 41.3 Å². The summed E-state index contributed by atoms with van der Waals surface area (Å²) in [5.41, 5.74) is 0.137. The first kappa shape index (κ1) is 18.5. The molecule has 0 saturated carbocycles. The van der Waals surface area contributed by atoms with Crippen LogP contribution >= 0.6 is 0 Å². The number of rotatable bonds is 3. The van der Waals surface area contributed by atoms with Gasteiger partial charge in [0.1, 0.15) is 11.9 Å². The van der Waals surface area contributed by atoms with E-state index in [9.17, 15) is 27.2 Å². The number of likely N-dealkylation sites (tertiary alicyclic amines) is 1. The fourth-order valence-corrected chi connectivity index (χ4v) is 2.60. The number of nitrogens with one attached hydrogen (secondary N) is 1. The number of carbonyl (C=O) groups is 2. The molecule has 10 heteroatoms. The van der Waals surface area contributed by atoms with E-state index in [0.717, 1.165) is 11.0 Å². The van der Waals surface area contributed by atoms with Gasteiger partial charge >= 0.3 is 18.2 Å². The van der Waals surface area contributed by atoms with Crippen LogP contribution in [0.2, 0.25) is 0 Å². The first-order valence-electron chi connectivity index (χ1n) is 7.14. The van der Waals surface area contributed by atoms with Crippen molar-refractivity contribution in [2.75, 3.05) is 13.1 Å². The number of hydrogen-bond acceptors (Lipinski definition) is 3. The second kappa shape index (κ2) is 6.96. The van der Waals surface area contributed by atoms with Gasteiger partial charge in [0.25, 0.3) is 0 Å². The number of urea groups is 1. The van der Waals surface area contributed by atoms with Crippen LogP contribution in [0.4, 0.5) is 22.4 Å². The first-order chi connectivity index (χ1) is 11.6. The summed E-state index contributed by atoms with van der Waals surface area (Å²) in [6.45, 7) is -1.49. The van der Waals surface area contributed by atoms with Gasteiger partial charge in [-0.05, 0) is 17.7 Å². The Bertz CT molecular complexity index is 730. The smallest absolute Gasteiger partial charge is 0.394 e. The maximum atomic E-state index is 13.5. The third-order valence-electron chi connectivity index (χ3n) is 3.94.